The Morgan fingerprint density at radius 3 is 2.90 bits per heavy atom. The number of nitrogens with one attached hydrogen (secondary N) is 1. The van der Waals surface area contributed by atoms with Crippen LogP contribution in [0.3, 0.4) is 0 Å². The molecular weight excluding hydrogens is 405 g/mol. The Bertz CT molecular complexity index is 1380. The van der Waals surface area contributed by atoms with E-state index in [4.69, 9.17) is 0 Å². The van der Waals surface area contributed by atoms with Crippen molar-refractivity contribution in [2.75, 3.05) is 5.32 Å². The average Bonchev–Trinajstić information content (AvgIpc) is 3.43. The molecule has 0 unspecified atom stereocenters. The molecule has 0 radical (unpaired) electrons. The van der Waals surface area contributed by atoms with Crippen LogP contribution in [-0.2, 0) is 0 Å². The van der Waals surface area contributed by atoms with Crippen LogP contribution < -0.4 is 5.32 Å². The lowest BCUT2D eigenvalue weighted by atomic mass is 10.2. The van der Waals surface area contributed by atoms with E-state index in [1.54, 1.807) is 18.5 Å². The first-order chi connectivity index (χ1) is 14.7. The molecule has 5 rings (SSSR count). The number of hydrogen-bond donors (Lipinski definition) is 1. The van der Waals surface area contributed by atoms with Gasteiger partial charge in [-0.25, -0.2) is 19.0 Å². The summed E-state index contributed by atoms with van der Waals surface area (Å²) in [6.07, 6.45) is 4.71. The van der Waals surface area contributed by atoms with Crippen molar-refractivity contribution >= 4 is 33.3 Å². The Morgan fingerprint density at radius 2 is 2.00 bits per heavy atom. The molecule has 10 heteroatoms. The largest absolute Gasteiger partial charge is 0.296 e. The molecule has 1 aromatic carbocycles. The van der Waals surface area contributed by atoms with Crippen molar-refractivity contribution in [3.63, 3.8) is 0 Å². The highest BCUT2D eigenvalue weighted by molar-refractivity contribution is 7.14. The number of thiazole rings is 1. The second-order valence-corrected chi connectivity index (χ2v) is 7.13. The first-order valence-corrected chi connectivity index (χ1v) is 9.70. The molecule has 8 nitrogen and oxygen atoms in total. The predicted molar refractivity (Wildman–Crippen MR) is 110 cm³/mol. The number of aromatic nitrogens is 6. The van der Waals surface area contributed by atoms with Gasteiger partial charge >= 0.3 is 0 Å². The van der Waals surface area contributed by atoms with Gasteiger partial charge in [-0.05, 0) is 30.3 Å². The Labute approximate surface area is 173 Å². The molecule has 0 saturated carbocycles. The van der Waals surface area contributed by atoms with E-state index in [1.165, 1.54) is 40.4 Å². The normalized spacial score (nSPS) is 11.0. The fourth-order valence-corrected chi connectivity index (χ4v) is 3.61. The number of fused-ring (bicyclic) bond motifs is 1. The number of nitrogens with zero attached hydrogens (tertiary/aromatic N) is 6. The van der Waals surface area contributed by atoms with E-state index in [9.17, 15) is 9.18 Å². The number of pyridine rings is 2. The summed E-state index contributed by atoms with van der Waals surface area (Å²) in [5.74, 6) is -0.891. The summed E-state index contributed by atoms with van der Waals surface area (Å²) in [6.45, 7) is 0. The Morgan fingerprint density at radius 1 is 1.07 bits per heavy atom. The zero-order valence-electron chi connectivity index (χ0n) is 15.2. The summed E-state index contributed by atoms with van der Waals surface area (Å²) in [4.78, 5) is 25.8. The molecule has 1 N–H and O–H groups in total. The highest BCUT2D eigenvalue weighted by atomic mass is 32.1. The number of rotatable bonds is 4. The molecule has 146 valence electrons. The first kappa shape index (κ1) is 18.0. The smallest absolute Gasteiger partial charge is 0.277 e. The van der Waals surface area contributed by atoms with Crippen LogP contribution in [0.4, 0.5) is 9.52 Å². The van der Waals surface area contributed by atoms with Gasteiger partial charge in [-0.1, -0.05) is 17.3 Å². The molecule has 30 heavy (non-hydrogen) atoms. The van der Waals surface area contributed by atoms with Gasteiger partial charge in [0.2, 0.25) is 0 Å². The van der Waals surface area contributed by atoms with Crippen LogP contribution in [0.2, 0.25) is 0 Å². The van der Waals surface area contributed by atoms with E-state index in [0.29, 0.717) is 22.2 Å². The number of benzene rings is 1. The maximum atomic E-state index is 13.5. The lowest BCUT2D eigenvalue weighted by molar-refractivity contribution is 0.101. The average molecular weight is 417 g/mol. The number of halogens is 1. The molecule has 0 saturated heterocycles. The standard InChI is InChI=1S/C20H12FN7OS/c21-13-2-1-3-14(8-13)28-18(10-23-27-28)19(29)26-20-25-17(11-30-20)15-5-4-12-6-7-22-9-16(12)24-15/h1-11H,(H,25,26,29). The third-order valence-electron chi connectivity index (χ3n) is 4.32. The topological polar surface area (TPSA) is 98.5 Å². The van der Waals surface area contributed by atoms with Gasteiger partial charge in [0.1, 0.15) is 11.5 Å². The number of carbonyl (C=O) groups excluding carboxylic acids is 1. The second-order valence-electron chi connectivity index (χ2n) is 6.27. The van der Waals surface area contributed by atoms with Crippen molar-refractivity contribution in [2.24, 2.45) is 0 Å². The molecule has 5 aromatic rings. The fraction of sp³-hybridized carbons (Fsp3) is 0. The van der Waals surface area contributed by atoms with Crippen molar-refractivity contribution in [2.45, 2.75) is 0 Å². The van der Waals surface area contributed by atoms with E-state index in [1.807, 2.05) is 23.6 Å². The highest BCUT2D eigenvalue weighted by Crippen LogP contribution is 2.25. The van der Waals surface area contributed by atoms with Crippen molar-refractivity contribution in [1.29, 1.82) is 0 Å². The zero-order chi connectivity index (χ0) is 20.5. The molecule has 0 atom stereocenters. The van der Waals surface area contributed by atoms with Crippen LogP contribution in [-0.4, -0.2) is 35.9 Å². The second kappa shape index (κ2) is 7.41. The Balaban J connectivity index is 1.39. The third kappa shape index (κ3) is 3.40. The molecular formula is C20H12FN7OS. The van der Waals surface area contributed by atoms with Crippen molar-refractivity contribution in [3.05, 3.63) is 77.9 Å². The van der Waals surface area contributed by atoms with Crippen LogP contribution in [0.15, 0.2) is 66.4 Å². The maximum absolute atomic E-state index is 13.5. The van der Waals surface area contributed by atoms with Crippen LogP contribution in [0, 0.1) is 5.82 Å². The quantitative estimate of drug-likeness (QED) is 0.478. The van der Waals surface area contributed by atoms with Crippen molar-refractivity contribution in [1.82, 2.24) is 29.9 Å². The lowest BCUT2D eigenvalue weighted by Gasteiger charge is -2.05. The Hall–Kier alpha value is -4.05. The molecule has 0 bridgehead atoms. The van der Waals surface area contributed by atoms with Crippen LogP contribution in [0.25, 0.3) is 28.0 Å². The summed E-state index contributed by atoms with van der Waals surface area (Å²) in [6, 6.07) is 11.4. The van der Waals surface area contributed by atoms with Crippen LogP contribution >= 0.6 is 11.3 Å². The van der Waals surface area contributed by atoms with Gasteiger partial charge in [0.25, 0.3) is 5.91 Å². The van der Waals surface area contributed by atoms with Crippen molar-refractivity contribution in [3.8, 4) is 17.1 Å². The summed E-state index contributed by atoms with van der Waals surface area (Å²) >= 11 is 1.27. The monoisotopic (exact) mass is 417 g/mol. The van der Waals surface area contributed by atoms with E-state index in [-0.39, 0.29) is 5.69 Å². The third-order valence-corrected chi connectivity index (χ3v) is 5.07. The van der Waals surface area contributed by atoms with Gasteiger partial charge in [0.05, 0.1) is 29.3 Å². The summed E-state index contributed by atoms with van der Waals surface area (Å²) < 4.78 is 14.8. The minimum atomic E-state index is -0.458. The SMILES string of the molecule is O=C(Nc1nc(-c2ccc3ccncc3n2)cs1)c1cnnn1-c1cccc(F)c1. The molecule has 0 aliphatic rings. The van der Waals surface area contributed by atoms with Crippen molar-refractivity contribution < 1.29 is 9.18 Å². The van der Waals surface area contributed by atoms with Gasteiger partial charge in [-0.2, -0.15) is 0 Å². The molecule has 4 aromatic heterocycles. The van der Waals surface area contributed by atoms with Gasteiger partial charge < -0.3 is 0 Å². The zero-order valence-corrected chi connectivity index (χ0v) is 16.0. The van der Waals surface area contributed by atoms with Gasteiger partial charge in [0, 0.05) is 17.0 Å². The molecule has 0 spiro atoms. The van der Waals surface area contributed by atoms with Gasteiger partial charge in [-0.15, -0.1) is 16.4 Å². The van der Waals surface area contributed by atoms with Gasteiger partial charge in [0.15, 0.2) is 10.8 Å². The van der Waals surface area contributed by atoms with Crippen LogP contribution in [0.5, 0.6) is 0 Å². The number of anilines is 1. The predicted octanol–water partition coefficient (Wildman–Crippen LogP) is 3.73. The van der Waals surface area contributed by atoms with E-state index in [0.717, 1.165) is 10.9 Å². The summed E-state index contributed by atoms with van der Waals surface area (Å²) in [5.41, 5.74) is 2.63. The first-order valence-electron chi connectivity index (χ1n) is 8.82. The molecule has 0 aliphatic heterocycles. The lowest BCUT2D eigenvalue weighted by Crippen LogP contribution is -2.17. The number of carbonyl (C=O) groups is 1. The molecule has 0 aliphatic carbocycles. The number of amides is 1. The maximum Gasteiger partial charge on any atom is 0.277 e. The Kier molecular flexibility index (Phi) is 4.45. The van der Waals surface area contributed by atoms with Crippen LogP contribution in [0.1, 0.15) is 10.5 Å². The number of hydrogen-bond acceptors (Lipinski definition) is 7. The fourth-order valence-electron chi connectivity index (χ4n) is 2.91. The van der Waals surface area contributed by atoms with E-state index >= 15 is 0 Å². The van der Waals surface area contributed by atoms with E-state index in [2.05, 4.69) is 30.6 Å². The summed E-state index contributed by atoms with van der Waals surface area (Å²) in [7, 11) is 0. The minimum Gasteiger partial charge on any atom is -0.296 e. The molecule has 4 heterocycles. The van der Waals surface area contributed by atoms with E-state index < -0.39 is 11.7 Å². The minimum absolute atomic E-state index is 0.159. The highest BCUT2D eigenvalue weighted by Gasteiger charge is 2.17. The van der Waals surface area contributed by atoms with Gasteiger partial charge in [-0.3, -0.25) is 15.1 Å². The molecule has 0 fully saturated rings. The molecule has 1 amide bonds. The summed E-state index contributed by atoms with van der Waals surface area (Å²) in [5, 5.41) is 13.6.